The summed E-state index contributed by atoms with van der Waals surface area (Å²) < 4.78 is 6.18. The minimum absolute atomic E-state index is 0.386. The first-order valence-corrected chi connectivity index (χ1v) is 10.9. The van der Waals surface area contributed by atoms with Crippen LogP contribution < -0.4 is 4.74 Å². The number of hydrogen-bond donors (Lipinski definition) is 0. The second-order valence-electron chi connectivity index (χ2n) is 8.95. The first-order chi connectivity index (χ1) is 13.7. The molecule has 2 aromatic rings. The Morgan fingerprint density at radius 1 is 1.18 bits per heavy atom. The highest BCUT2D eigenvalue weighted by Crippen LogP contribution is 2.65. The van der Waals surface area contributed by atoms with Crippen LogP contribution in [0.1, 0.15) is 55.2 Å². The largest absolute Gasteiger partial charge is 0.489 e. The lowest BCUT2D eigenvalue weighted by atomic mass is 9.44. The van der Waals surface area contributed by atoms with Crippen LogP contribution in [0.5, 0.6) is 5.75 Å². The predicted molar refractivity (Wildman–Crippen MR) is 115 cm³/mol. The van der Waals surface area contributed by atoms with E-state index in [1.807, 2.05) is 0 Å². The molecule has 1 aliphatic heterocycles. The van der Waals surface area contributed by atoms with Gasteiger partial charge in [-0.2, -0.15) is 0 Å². The molecule has 2 fully saturated rings. The van der Waals surface area contributed by atoms with E-state index in [9.17, 15) is 0 Å². The minimum Gasteiger partial charge on any atom is -0.489 e. The molecule has 0 radical (unpaired) electrons. The van der Waals surface area contributed by atoms with E-state index in [1.54, 1.807) is 11.1 Å². The highest BCUT2D eigenvalue weighted by molar-refractivity contribution is 5.55. The zero-order valence-corrected chi connectivity index (χ0v) is 16.9. The second-order valence-corrected chi connectivity index (χ2v) is 8.95. The van der Waals surface area contributed by atoms with E-state index in [0.717, 1.165) is 18.2 Å². The van der Waals surface area contributed by atoms with Crippen LogP contribution in [0.2, 0.25) is 0 Å². The van der Waals surface area contributed by atoms with Crippen molar-refractivity contribution in [2.45, 2.75) is 56.6 Å². The zero-order valence-electron chi connectivity index (χ0n) is 16.9. The maximum atomic E-state index is 6.18. The van der Waals surface area contributed by atoms with Gasteiger partial charge in [0, 0.05) is 30.5 Å². The van der Waals surface area contributed by atoms with E-state index in [-0.39, 0.29) is 0 Å². The van der Waals surface area contributed by atoms with Crippen LogP contribution in [0.3, 0.4) is 0 Å². The molecule has 1 saturated carbocycles. The summed E-state index contributed by atoms with van der Waals surface area (Å²) >= 11 is 0. The van der Waals surface area contributed by atoms with Gasteiger partial charge in [0.15, 0.2) is 0 Å². The summed E-state index contributed by atoms with van der Waals surface area (Å²) in [6.07, 6.45) is 7.54. The Hall–Kier alpha value is -2.06. The molecule has 4 unspecified atom stereocenters. The maximum absolute atomic E-state index is 6.18. The Morgan fingerprint density at radius 2 is 2.04 bits per heavy atom. The average Bonchev–Trinajstić information content (AvgIpc) is 2.75. The number of likely N-dealkylation sites (tertiary alicyclic amines) is 1. The van der Waals surface area contributed by atoms with Gasteiger partial charge in [0.1, 0.15) is 12.4 Å². The summed E-state index contributed by atoms with van der Waals surface area (Å²) in [7, 11) is 0. The number of benzene rings is 2. The Labute approximate surface area is 169 Å². The molecule has 0 amide bonds. The molecule has 0 aromatic heterocycles. The smallest absolute Gasteiger partial charge is 0.120 e. The molecular weight excluding hydrogens is 342 g/mol. The van der Waals surface area contributed by atoms with Gasteiger partial charge in [-0.1, -0.05) is 55.3 Å². The van der Waals surface area contributed by atoms with Gasteiger partial charge in [-0.15, -0.1) is 6.58 Å². The van der Waals surface area contributed by atoms with Crippen LogP contribution in [0.25, 0.3) is 0 Å². The van der Waals surface area contributed by atoms with Gasteiger partial charge in [0.25, 0.3) is 0 Å². The highest BCUT2D eigenvalue weighted by atomic mass is 16.5. The monoisotopic (exact) mass is 373 g/mol. The normalized spacial score (nSPS) is 31.1. The molecule has 2 heteroatoms. The van der Waals surface area contributed by atoms with Crippen molar-refractivity contribution >= 4 is 0 Å². The quantitative estimate of drug-likeness (QED) is 0.625. The molecule has 2 nitrogen and oxygen atoms in total. The van der Waals surface area contributed by atoms with Crippen molar-refractivity contribution in [3.8, 4) is 5.75 Å². The summed E-state index contributed by atoms with van der Waals surface area (Å²) in [4.78, 5) is 2.66. The number of fused-ring (bicyclic) bond motifs is 2. The third kappa shape index (κ3) is 2.65. The van der Waals surface area contributed by atoms with E-state index in [2.05, 4.69) is 73.0 Å². The first-order valence-electron chi connectivity index (χ1n) is 10.9. The van der Waals surface area contributed by atoms with Crippen LogP contribution >= 0.6 is 0 Å². The molecule has 146 valence electrons. The van der Waals surface area contributed by atoms with E-state index < -0.39 is 0 Å². The molecule has 1 saturated heterocycles. The van der Waals surface area contributed by atoms with Crippen molar-refractivity contribution in [1.82, 2.24) is 4.90 Å². The Balaban J connectivity index is 1.44. The van der Waals surface area contributed by atoms with E-state index in [0.29, 0.717) is 24.0 Å². The Morgan fingerprint density at radius 3 is 2.86 bits per heavy atom. The fourth-order valence-corrected chi connectivity index (χ4v) is 6.45. The van der Waals surface area contributed by atoms with Gasteiger partial charge >= 0.3 is 0 Å². The number of nitrogens with zero attached hydrogens (tertiary/aromatic N) is 1. The van der Waals surface area contributed by atoms with Gasteiger partial charge in [-0.3, -0.25) is 4.90 Å². The molecule has 5 rings (SSSR count). The molecule has 2 aromatic carbocycles. The molecule has 2 aliphatic carbocycles. The molecule has 0 N–H and O–H groups in total. The van der Waals surface area contributed by atoms with Crippen LogP contribution in [-0.4, -0.2) is 24.0 Å². The second kappa shape index (κ2) is 7.08. The molecule has 0 bridgehead atoms. The maximum Gasteiger partial charge on any atom is 0.120 e. The van der Waals surface area contributed by atoms with Crippen LogP contribution in [0.4, 0.5) is 0 Å². The fourth-order valence-electron chi connectivity index (χ4n) is 6.45. The number of hydrogen-bond acceptors (Lipinski definition) is 2. The van der Waals surface area contributed by atoms with Crippen molar-refractivity contribution in [2.75, 3.05) is 13.1 Å². The number of rotatable bonds is 5. The minimum atomic E-state index is 0.386. The lowest BCUT2D eigenvalue weighted by molar-refractivity contribution is -0.0238. The number of ether oxygens (including phenoxy) is 1. The van der Waals surface area contributed by atoms with Gasteiger partial charge in [0.05, 0.1) is 0 Å². The third-order valence-electron chi connectivity index (χ3n) is 7.73. The Kier molecular flexibility index (Phi) is 4.55. The summed E-state index contributed by atoms with van der Waals surface area (Å²) in [5.41, 5.74) is 4.78. The summed E-state index contributed by atoms with van der Waals surface area (Å²) in [5, 5.41) is 0. The molecular formula is C26H31NO. The molecule has 1 heterocycles. The first kappa shape index (κ1) is 18.0. The lowest BCUT2D eigenvalue weighted by Crippen LogP contribution is -2.64. The van der Waals surface area contributed by atoms with E-state index in [1.165, 1.54) is 37.8 Å². The van der Waals surface area contributed by atoms with Crippen molar-refractivity contribution in [1.29, 1.82) is 0 Å². The van der Waals surface area contributed by atoms with Crippen LogP contribution in [0, 0.1) is 5.92 Å². The van der Waals surface area contributed by atoms with Crippen LogP contribution in [0.15, 0.2) is 61.2 Å². The van der Waals surface area contributed by atoms with Crippen molar-refractivity contribution in [2.24, 2.45) is 5.92 Å². The third-order valence-corrected chi connectivity index (χ3v) is 7.73. The highest BCUT2D eigenvalue weighted by Gasteiger charge is 2.61. The summed E-state index contributed by atoms with van der Waals surface area (Å²) in [6, 6.07) is 18.0. The van der Waals surface area contributed by atoms with Crippen LogP contribution in [-0.2, 0) is 12.0 Å². The van der Waals surface area contributed by atoms with Crippen molar-refractivity contribution in [3.05, 3.63) is 77.9 Å². The summed E-state index contributed by atoms with van der Waals surface area (Å²) in [5.74, 6) is 2.48. The molecule has 1 spiro atoms. The van der Waals surface area contributed by atoms with Gasteiger partial charge < -0.3 is 4.74 Å². The summed E-state index contributed by atoms with van der Waals surface area (Å²) in [6.45, 7) is 9.28. The lowest BCUT2D eigenvalue weighted by Gasteiger charge is -2.65. The standard InChI is InChI=1S/C26H31NO/c1-3-15-27-17-25-22-13-12-21(28-18-20-9-5-4-6-10-20)16-24(22)26(25)14-8-7-11-23(26)19(27)2/h3-6,9-10,12-13,16,19,23,25H,1,7-8,11,14-15,17-18H2,2H3. The molecule has 28 heavy (non-hydrogen) atoms. The predicted octanol–water partition coefficient (Wildman–Crippen LogP) is 5.68. The van der Waals surface area contributed by atoms with Gasteiger partial charge in [0.2, 0.25) is 0 Å². The number of piperidine rings is 1. The van der Waals surface area contributed by atoms with E-state index >= 15 is 0 Å². The zero-order chi connectivity index (χ0) is 19.1. The molecule has 3 aliphatic rings. The SMILES string of the molecule is C=CCN1CC2c3ccc(OCc4ccccc4)cc3C23CCCCC3C1C. The topological polar surface area (TPSA) is 12.5 Å². The van der Waals surface area contributed by atoms with Crippen molar-refractivity contribution in [3.63, 3.8) is 0 Å². The molecule has 4 atom stereocenters. The van der Waals surface area contributed by atoms with E-state index in [4.69, 9.17) is 4.74 Å². The Bertz CT molecular complexity index is 860. The van der Waals surface area contributed by atoms with Gasteiger partial charge in [-0.05, 0) is 54.5 Å². The van der Waals surface area contributed by atoms with Gasteiger partial charge in [-0.25, -0.2) is 0 Å². The average molecular weight is 374 g/mol. The van der Waals surface area contributed by atoms with Crippen molar-refractivity contribution < 1.29 is 4.74 Å². The fraction of sp³-hybridized carbons (Fsp3) is 0.462.